The number of carbonyl (C=O) groups excluding carboxylic acids is 1. The summed E-state index contributed by atoms with van der Waals surface area (Å²) in [4.78, 5) is 16.7. The van der Waals surface area contributed by atoms with Crippen LogP contribution < -0.4 is 11.1 Å². The molecule has 1 aliphatic rings. The summed E-state index contributed by atoms with van der Waals surface area (Å²) < 4.78 is 0. The second kappa shape index (κ2) is 7.38. The first-order chi connectivity index (χ1) is 11.7. The van der Waals surface area contributed by atoms with Gasteiger partial charge in [0.15, 0.2) is 11.6 Å². The van der Waals surface area contributed by atoms with Crippen LogP contribution in [0.3, 0.4) is 0 Å². The number of carbonyl (C=O) groups is 1. The van der Waals surface area contributed by atoms with Gasteiger partial charge in [-0.15, -0.1) is 10.2 Å². The molecule has 1 aromatic carbocycles. The lowest BCUT2D eigenvalue weighted by Gasteiger charge is -2.19. The Morgan fingerprint density at radius 3 is 2.58 bits per heavy atom. The van der Waals surface area contributed by atoms with Crippen molar-refractivity contribution in [3.63, 3.8) is 0 Å². The Kier molecular flexibility index (Phi) is 5.03. The average Bonchev–Trinajstić information content (AvgIpc) is 3.15. The largest absolute Gasteiger partial charge is 0.382 e. The summed E-state index contributed by atoms with van der Waals surface area (Å²) in [6.07, 6.45) is 4.89. The first-order valence-corrected chi connectivity index (χ1v) is 8.55. The van der Waals surface area contributed by atoms with E-state index in [1.54, 1.807) is 0 Å². The molecule has 6 nitrogen and oxygen atoms in total. The number of nitrogen functional groups attached to an aromatic ring is 1. The maximum absolute atomic E-state index is 12.4. The van der Waals surface area contributed by atoms with Crippen LogP contribution in [0.15, 0.2) is 30.3 Å². The van der Waals surface area contributed by atoms with Gasteiger partial charge in [0.05, 0.1) is 6.04 Å². The first-order valence-electron chi connectivity index (χ1n) is 8.55. The zero-order chi connectivity index (χ0) is 16.9. The van der Waals surface area contributed by atoms with E-state index in [4.69, 9.17) is 5.73 Å². The van der Waals surface area contributed by atoms with E-state index in [0.29, 0.717) is 23.8 Å². The molecule has 6 heteroatoms. The van der Waals surface area contributed by atoms with E-state index >= 15 is 0 Å². The van der Waals surface area contributed by atoms with E-state index < -0.39 is 0 Å². The van der Waals surface area contributed by atoms with Gasteiger partial charge in [-0.2, -0.15) is 0 Å². The second-order valence-electron chi connectivity index (χ2n) is 6.22. The van der Waals surface area contributed by atoms with Gasteiger partial charge in [0.25, 0.3) is 0 Å². The first kappa shape index (κ1) is 16.4. The lowest BCUT2D eigenvalue weighted by molar-refractivity contribution is -0.125. The number of hydrogen-bond donors (Lipinski definition) is 2. The van der Waals surface area contributed by atoms with E-state index in [1.165, 1.54) is 0 Å². The number of amides is 1. The van der Waals surface area contributed by atoms with Crippen LogP contribution in [0.4, 0.5) is 5.82 Å². The quantitative estimate of drug-likeness (QED) is 0.881. The van der Waals surface area contributed by atoms with Gasteiger partial charge in [0, 0.05) is 11.5 Å². The Balaban J connectivity index is 1.78. The lowest BCUT2D eigenvalue weighted by atomic mass is 10.1. The molecule has 0 spiro atoms. The molecule has 3 N–H and O–H groups in total. The summed E-state index contributed by atoms with van der Waals surface area (Å²) >= 11 is 0. The number of benzene rings is 1. The molecule has 3 rings (SSSR count). The Morgan fingerprint density at radius 1 is 1.25 bits per heavy atom. The van der Waals surface area contributed by atoms with Gasteiger partial charge in [0.2, 0.25) is 5.91 Å². The third kappa shape index (κ3) is 3.53. The van der Waals surface area contributed by atoms with Crippen molar-refractivity contribution in [1.82, 2.24) is 20.5 Å². The van der Waals surface area contributed by atoms with Crippen molar-refractivity contribution in [2.45, 2.75) is 45.1 Å². The highest BCUT2D eigenvalue weighted by atomic mass is 16.1. The number of nitrogens with zero attached hydrogens (tertiary/aromatic N) is 3. The smallest absolute Gasteiger partial charge is 0.223 e. The normalized spacial score (nSPS) is 16.0. The number of nitrogens with one attached hydrogen (secondary N) is 1. The Bertz CT molecular complexity index is 698. The number of nitrogens with two attached hydrogens (primary N) is 1. The molecule has 1 unspecified atom stereocenters. The van der Waals surface area contributed by atoms with E-state index in [2.05, 4.69) is 20.5 Å². The molecule has 2 aromatic rings. The number of rotatable bonds is 5. The molecule has 24 heavy (non-hydrogen) atoms. The maximum Gasteiger partial charge on any atom is 0.223 e. The molecule has 1 atom stereocenters. The molecular weight excluding hydrogens is 302 g/mol. The van der Waals surface area contributed by atoms with Crippen LogP contribution in [0.1, 0.15) is 50.8 Å². The zero-order valence-corrected chi connectivity index (χ0v) is 13.9. The maximum atomic E-state index is 12.4. The molecule has 1 aromatic heterocycles. The summed E-state index contributed by atoms with van der Waals surface area (Å²) in [6, 6.07) is 9.34. The minimum absolute atomic E-state index is 0.0904. The van der Waals surface area contributed by atoms with Crippen LogP contribution in [0, 0.1) is 5.92 Å². The highest BCUT2D eigenvalue weighted by Gasteiger charge is 2.26. The van der Waals surface area contributed by atoms with Crippen molar-refractivity contribution in [3.05, 3.63) is 36.0 Å². The molecule has 0 saturated heterocycles. The van der Waals surface area contributed by atoms with Gasteiger partial charge in [-0.1, -0.05) is 50.1 Å². The molecule has 1 heterocycles. The molecule has 0 radical (unpaired) electrons. The predicted octanol–water partition coefficient (Wildman–Crippen LogP) is 2.88. The van der Waals surface area contributed by atoms with E-state index in [-0.39, 0.29) is 17.9 Å². The van der Waals surface area contributed by atoms with Crippen LogP contribution in [-0.2, 0) is 4.79 Å². The summed E-state index contributed by atoms with van der Waals surface area (Å²) in [5.74, 6) is 1.02. The minimum Gasteiger partial charge on any atom is -0.382 e. The summed E-state index contributed by atoms with van der Waals surface area (Å²) in [5, 5.41) is 11.5. The van der Waals surface area contributed by atoms with Gasteiger partial charge in [-0.3, -0.25) is 4.79 Å². The molecule has 1 saturated carbocycles. The monoisotopic (exact) mass is 325 g/mol. The van der Waals surface area contributed by atoms with Crippen molar-refractivity contribution in [1.29, 1.82) is 0 Å². The van der Waals surface area contributed by atoms with Crippen molar-refractivity contribution in [2.75, 3.05) is 5.73 Å². The molecular formula is C18H23N5O. The van der Waals surface area contributed by atoms with E-state index in [9.17, 15) is 4.79 Å². The topological polar surface area (TPSA) is 93.8 Å². The molecule has 1 fully saturated rings. The zero-order valence-electron chi connectivity index (χ0n) is 13.9. The molecule has 0 aliphatic heterocycles. The van der Waals surface area contributed by atoms with Crippen LogP contribution in [-0.4, -0.2) is 21.1 Å². The Labute approximate surface area is 141 Å². The Morgan fingerprint density at radius 2 is 1.96 bits per heavy atom. The fourth-order valence-corrected chi connectivity index (χ4v) is 3.15. The van der Waals surface area contributed by atoms with Gasteiger partial charge in [0.1, 0.15) is 5.69 Å². The number of anilines is 1. The van der Waals surface area contributed by atoms with Crippen LogP contribution in [0.25, 0.3) is 11.4 Å². The highest BCUT2D eigenvalue weighted by molar-refractivity contribution is 5.79. The van der Waals surface area contributed by atoms with Gasteiger partial charge < -0.3 is 11.1 Å². The molecule has 1 amide bonds. The fraction of sp³-hybridized carbons (Fsp3) is 0.444. The number of hydrogen-bond acceptors (Lipinski definition) is 5. The van der Waals surface area contributed by atoms with Gasteiger partial charge >= 0.3 is 0 Å². The summed E-state index contributed by atoms with van der Waals surface area (Å²) in [6.45, 7) is 1.99. The fourth-order valence-electron chi connectivity index (χ4n) is 3.15. The highest BCUT2D eigenvalue weighted by Crippen LogP contribution is 2.27. The minimum atomic E-state index is -0.247. The molecule has 0 bridgehead atoms. The SMILES string of the molecule is CCC(NC(=O)C1CCCC1)c1nnc(-c2ccccc2)nc1N. The van der Waals surface area contributed by atoms with E-state index in [1.807, 2.05) is 37.3 Å². The molecule has 1 aliphatic carbocycles. The molecule has 126 valence electrons. The van der Waals surface area contributed by atoms with Crippen molar-refractivity contribution >= 4 is 11.7 Å². The van der Waals surface area contributed by atoms with Crippen molar-refractivity contribution < 1.29 is 4.79 Å². The standard InChI is InChI=1S/C18H23N5O/c1-2-14(20-18(24)13-10-6-7-11-13)15-16(19)21-17(23-22-15)12-8-4-3-5-9-12/h3-5,8-9,13-14H,2,6-7,10-11H2,1H3,(H,20,24)(H2,19,21,23). The van der Waals surface area contributed by atoms with E-state index in [0.717, 1.165) is 31.2 Å². The van der Waals surface area contributed by atoms with Crippen LogP contribution in [0.2, 0.25) is 0 Å². The summed E-state index contributed by atoms with van der Waals surface area (Å²) in [7, 11) is 0. The van der Waals surface area contributed by atoms with Gasteiger partial charge in [-0.05, 0) is 19.3 Å². The summed E-state index contributed by atoms with van der Waals surface area (Å²) in [5.41, 5.74) is 7.51. The third-order valence-electron chi connectivity index (χ3n) is 4.55. The lowest BCUT2D eigenvalue weighted by Crippen LogP contribution is -2.34. The third-order valence-corrected chi connectivity index (χ3v) is 4.55. The second-order valence-corrected chi connectivity index (χ2v) is 6.22. The average molecular weight is 325 g/mol. The predicted molar refractivity (Wildman–Crippen MR) is 92.8 cm³/mol. The van der Waals surface area contributed by atoms with Crippen molar-refractivity contribution in [2.24, 2.45) is 5.92 Å². The van der Waals surface area contributed by atoms with Crippen LogP contribution in [0.5, 0.6) is 0 Å². The van der Waals surface area contributed by atoms with Crippen molar-refractivity contribution in [3.8, 4) is 11.4 Å². The van der Waals surface area contributed by atoms with Gasteiger partial charge in [-0.25, -0.2) is 4.98 Å². The van der Waals surface area contributed by atoms with Crippen LogP contribution >= 0.6 is 0 Å². The number of aromatic nitrogens is 3. The Hall–Kier alpha value is -2.50.